The van der Waals surface area contributed by atoms with Crippen molar-refractivity contribution < 1.29 is 10.2 Å². The van der Waals surface area contributed by atoms with E-state index in [1.807, 2.05) is 0 Å². The molecule has 0 aliphatic carbocycles. The van der Waals surface area contributed by atoms with Crippen LogP contribution in [0, 0.1) is 0 Å². The van der Waals surface area contributed by atoms with Gasteiger partial charge in [0.05, 0.1) is 4.70 Å². The molecule has 0 amide bonds. The third-order valence-corrected chi connectivity index (χ3v) is 6.40. The Bertz CT molecular complexity index is 1030. The summed E-state index contributed by atoms with van der Waals surface area (Å²) in [7, 11) is 0. The van der Waals surface area contributed by atoms with Gasteiger partial charge in [0.25, 0.3) is 0 Å². The molecule has 4 N–H and O–H groups in total. The van der Waals surface area contributed by atoms with Crippen LogP contribution in [0.1, 0.15) is 29.5 Å². The largest absolute Gasteiger partial charge is 0.506 e. The van der Waals surface area contributed by atoms with Crippen molar-refractivity contribution in [3.05, 3.63) is 62.8 Å². The lowest BCUT2D eigenvalue weighted by molar-refractivity contribution is 0.138. The van der Waals surface area contributed by atoms with Gasteiger partial charge in [0.1, 0.15) is 17.5 Å². The summed E-state index contributed by atoms with van der Waals surface area (Å²) in [6.45, 7) is 4.07. The van der Waals surface area contributed by atoms with Gasteiger partial charge in [-0.05, 0) is 55.1 Å². The number of fused-ring (bicyclic) bond motifs is 1. The van der Waals surface area contributed by atoms with Gasteiger partial charge in [-0.15, -0.1) is 24.8 Å². The highest BCUT2D eigenvalue weighted by Gasteiger charge is 2.14. The van der Waals surface area contributed by atoms with E-state index in [9.17, 15) is 15.0 Å². The van der Waals surface area contributed by atoms with E-state index in [0.29, 0.717) is 23.2 Å². The summed E-state index contributed by atoms with van der Waals surface area (Å²) in [5.41, 5.74) is 3.89. The predicted molar refractivity (Wildman–Crippen MR) is 131 cm³/mol. The number of phenols is 1. The number of benzene rings is 2. The van der Waals surface area contributed by atoms with E-state index < -0.39 is 6.23 Å². The second-order valence-corrected chi connectivity index (χ2v) is 8.67. The molecule has 3 aromatic rings. The van der Waals surface area contributed by atoms with Crippen LogP contribution in [0.5, 0.6) is 5.75 Å². The maximum Gasteiger partial charge on any atom is 0.305 e. The Balaban J connectivity index is 0.00000171. The van der Waals surface area contributed by atoms with Crippen LogP contribution in [0.2, 0.25) is 0 Å². The summed E-state index contributed by atoms with van der Waals surface area (Å²) in [4.78, 5) is 16.5. The standard InChI is InChI=1S/C22H27N3O3S.2ClH/c26-18-7-6-17(21-20(18)24-22(28)29-21)13-19(27)23-9-8-15-4-3-5-16(12-15)14-25-10-1-2-11-25;;/h3-7,12,19,23,26-27H,1-2,8-11,13-14H2,(H,24,28);2*1H. The third kappa shape index (κ3) is 6.68. The van der Waals surface area contributed by atoms with Gasteiger partial charge in [-0.2, -0.15) is 0 Å². The van der Waals surface area contributed by atoms with E-state index in [4.69, 9.17) is 0 Å². The monoisotopic (exact) mass is 485 g/mol. The van der Waals surface area contributed by atoms with Crippen molar-refractivity contribution in [3.8, 4) is 5.75 Å². The molecule has 0 spiro atoms. The first-order chi connectivity index (χ1) is 14.1. The van der Waals surface area contributed by atoms with Crippen molar-refractivity contribution in [1.82, 2.24) is 15.2 Å². The topological polar surface area (TPSA) is 88.6 Å². The van der Waals surface area contributed by atoms with Crippen LogP contribution in [0.15, 0.2) is 41.2 Å². The minimum absolute atomic E-state index is 0. The summed E-state index contributed by atoms with van der Waals surface area (Å²) >= 11 is 1.06. The van der Waals surface area contributed by atoms with Gasteiger partial charge in [-0.3, -0.25) is 15.0 Å². The number of hydrogen-bond acceptors (Lipinski definition) is 6. The van der Waals surface area contributed by atoms with E-state index >= 15 is 0 Å². The Labute approximate surface area is 198 Å². The minimum atomic E-state index is -0.715. The number of aromatic nitrogens is 1. The highest BCUT2D eigenvalue weighted by molar-refractivity contribution is 7.16. The molecule has 0 bridgehead atoms. The molecule has 2 aromatic carbocycles. The first kappa shape index (κ1) is 25.6. The molecule has 1 saturated heterocycles. The van der Waals surface area contributed by atoms with Crippen molar-refractivity contribution in [2.24, 2.45) is 0 Å². The molecule has 170 valence electrons. The highest BCUT2D eigenvalue weighted by atomic mass is 35.5. The van der Waals surface area contributed by atoms with Crippen LogP contribution in [0.4, 0.5) is 0 Å². The number of hydrogen-bond donors (Lipinski definition) is 4. The van der Waals surface area contributed by atoms with Crippen molar-refractivity contribution in [2.45, 2.75) is 38.5 Å². The van der Waals surface area contributed by atoms with E-state index in [0.717, 1.165) is 29.9 Å². The number of thiazole rings is 1. The van der Waals surface area contributed by atoms with Gasteiger partial charge in [-0.25, -0.2) is 0 Å². The Hall–Kier alpha value is -1.61. The summed E-state index contributed by atoms with van der Waals surface area (Å²) < 4.78 is 0.700. The van der Waals surface area contributed by atoms with Gasteiger partial charge >= 0.3 is 4.87 Å². The zero-order valence-electron chi connectivity index (χ0n) is 17.2. The lowest BCUT2D eigenvalue weighted by Gasteiger charge is -2.16. The SMILES string of the molecule is Cl.Cl.O=c1[nH]c2c(O)ccc(CC(O)NCCc3cccc(CN4CCCC4)c3)c2s1. The van der Waals surface area contributed by atoms with Crippen LogP contribution in [0.25, 0.3) is 10.2 Å². The van der Waals surface area contributed by atoms with Gasteiger partial charge in [0, 0.05) is 19.5 Å². The van der Waals surface area contributed by atoms with Crippen LogP contribution < -0.4 is 10.2 Å². The smallest absolute Gasteiger partial charge is 0.305 e. The molecule has 2 heterocycles. The van der Waals surface area contributed by atoms with E-state index in [-0.39, 0.29) is 35.4 Å². The average molecular weight is 486 g/mol. The fourth-order valence-corrected chi connectivity index (χ4v) is 4.86. The number of phenolic OH excluding ortho intramolecular Hbond substituents is 1. The quantitative estimate of drug-likeness (QED) is 0.367. The summed E-state index contributed by atoms with van der Waals surface area (Å²) in [6.07, 6.45) is 3.10. The van der Waals surface area contributed by atoms with Gasteiger partial charge in [0.2, 0.25) is 0 Å². The number of aliphatic hydroxyl groups excluding tert-OH is 1. The molecule has 1 fully saturated rings. The molecule has 4 rings (SSSR count). The maximum absolute atomic E-state index is 11.6. The number of rotatable bonds is 8. The number of aromatic amines is 1. The Morgan fingerprint density at radius 1 is 1.13 bits per heavy atom. The first-order valence-corrected chi connectivity index (χ1v) is 11.0. The van der Waals surface area contributed by atoms with Crippen LogP contribution in [-0.4, -0.2) is 46.0 Å². The van der Waals surface area contributed by atoms with Gasteiger partial charge < -0.3 is 15.2 Å². The van der Waals surface area contributed by atoms with Crippen molar-refractivity contribution in [3.63, 3.8) is 0 Å². The third-order valence-electron chi connectivity index (χ3n) is 5.44. The number of aromatic hydroxyl groups is 1. The Kier molecular flexibility index (Phi) is 9.81. The highest BCUT2D eigenvalue weighted by Crippen LogP contribution is 2.28. The zero-order valence-corrected chi connectivity index (χ0v) is 19.6. The van der Waals surface area contributed by atoms with E-state index in [2.05, 4.69) is 39.5 Å². The number of likely N-dealkylation sites (tertiary alicyclic amines) is 1. The molecule has 1 unspecified atom stereocenters. The first-order valence-electron chi connectivity index (χ1n) is 10.1. The normalized spacial score (nSPS) is 14.9. The molecule has 1 aliphatic heterocycles. The molecule has 31 heavy (non-hydrogen) atoms. The fourth-order valence-electron chi connectivity index (χ4n) is 3.98. The van der Waals surface area contributed by atoms with E-state index in [1.54, 1.807) is 12.1 Å². The summed E-state index contributed by atoms with van der Waals surface area (Å²) in [6, 6.07) is 12.0. The van der Waals surface area contributed by atoms with Crippen LogP contribution in [-0.2, 0) is 19.4 Å². The number of H-pyrrole nitrogens is 1. The Morgan fingerprint density at radius 2 is 1.87 bits per heavy atom. The van der Waals surface area contributed by atoms with Crippen molar-refractivity contribution >= 4 is 46.4 Å². The molecule has 9 heteroatoms. The second kappa shape index (κ2) is 11.9. The zero-order chi connectivity index (χ0) is 20.2. The molecule has 1 aliphatic rings. The maximum atomic E-state index is 11.6. The lowest BCUT2D eigenvalue weighted by atomic mass is 10.1. The fraction of sp³-hybridized carbons (Fsp3) is 0.409. The van der Waals surface area contributed by atoms with Gasteiger partial charge in [-0.1, -0.05) is 41.7 Å². The molecule has 1 aromatic heterocycles. The number of nitrogens with zero attached hydrogens (tertiary/aromatic N) is 1. The minimum Gasteiger partial charge on any atom is -0.506 e. The van der Waals surface area contributed by atoms with Gasteiger partial charge in [0.15, 0.2) is 0 Å². The van der Waals surface area contributed by atoms with E-state index in [1.165, 1.54) is 37.1 Å². The lowest BCUT2D eigenvalue weighted by Crippen LogP contribution is -2.32. The molecule has 0 saturated carbocycles. The molecule has 6 nitrogen and oxygen atoms in total. The molecule has 1 atom stereocenters. The summed E-state index contributed by atoms with van der Waals surface area (Å²) in [5.74, 6) is 0.0540. The average Bonchev–Trinajstić information content (AvgIpc) is 3.34. The van der Waals surface area contributed by atoms with Crippen molar-refractivity contribution in [2.75, 3.05) is 19.6 Å². The molecular weight excluding hydrogens is 457 g/mol. The summed E-state index contributed by atoms with van der Waals surface area (Å²) in [5, 5.41) is 23.4. The predicted octanol–water partition coefficient (Wildman–Crippen LogP) is 3.43. The Morgan fingerprint density at radius 3 is 2.65 bits per heavy atom. The number of aliphatic hydroxyl groups is 1. The number of nitrogens with one attached hydrogen (secondary N) is 2. The van der Waals surface area contributed by atoms with Crippen molar-refractivity contribution in [1.29, 1.82) is 0 Å². The van der Waals surface area contributed by atoms with Crippen LogP contribution >= 0.6 is 36.2 Å². The molecule has 0 radical (unpaired) electrons. The second-order valence-electron chi connectivity index (χ2n) is 7.69. The van der Waals surface area contributed by atoms with Crippen LogP contribution in [0.3, 0.4) is 0 Å². The number of halogens is 2. The molecular formula is C22H29Cl2N3O3S.